The van der Waals surface area contributed by atoms with Gasteiger partial charge in [0.05, 0.1) is 0 Å². The lowest BCUT2D eigenvalue weighted by molar-refractivity contribution is -0.114. The third kappa shape index (κ3) is 1.26. The van der Waals surface area contributed by atoms with E-state index in [1.165, 1.54) is 6.42 Å². The van der Waals surface area contributed by atoms with Crippen molar-refractivity contribution in [2.45, 2.75) is 30.5 Å². The molecule has 1 aliphatic carbocycles. The standard InChI is InChI=1S/C9H10BrNO/c10-7-5-11-8-4-2-1-3-6(8)9(7)12/h5,7H,1-4H2. The van der Waals surface area contributed by atoms with Gasteiger partial charge in [-0.2, -0.15) is 0 Å². The van der Waals surface area contributed by atoms with E-state index < -0.39 is 0 Å². The van der Waals surface area contributed by atoms with Gasteiger partial charge in [-0.05, 0) is 25.7 Å². The molecule has 0 amide bonds. The molecule has 0 saturated carbocycles. The molecule has 0 saturated heterocycles. The number of alkyl halides is 1. The molecule has 0 spiro atoms. The molecule has 2 nitrogen and oxygen atoms in total. The molecule has 3 heteroatoms. The topological polar surface area (TPSA) is 29.4 Å². The van der Waals surface area contributed by atoms with Gasteiger partial charge < -0.3 is 0 Å². The van der Waals surface area contributed by atoms with Crippen LogP contribution in [-0.4, -0.2) is 16.8 Å². The van der Waals surface area contributed by atoms with Crippen molar-refractivity contribution in [1.29, 1.82) is 0 Å². The Morgan fingerprint density at radius 3 is 3.00 bits per heavy atom. The van der Waals surface area contributed by atoms with E-state index in [2.05, 4.69) is 20.9 Å². The van der Waals surface area contributed by atoms with Crippen molar-refractivity contribution < 1.29 is 4.79 Å². The summed E-state index contributed by atoms with van der Waals surface area (Å²) in [5, 5.41) is 0. The summed E-state index contributed by atoms with van der Waals surface area (Å²) in [5.74, 6) is 0.222. The largest absolute Gasteiger partial charge is 0.293 e. The Kier molecular flexibility index (Phi) is 2.13. The molecule has 2 aliphatic rings. The Morgan fingerprint density at radius 1 is 1.42 bits per heavy atom. The van der Waals surface area contributed by atoms with Crippen LogP contribution in [0.2, 0.25) is 0 Å². The zero-order chi connectivity index (χ0) is 8.55. The Balaban J connectivity index is 2.35. The maximum absolute atomic E-state index is 11.6. The Morgan fingerprint density at radius 2 is 2.17 bits per heavy atom. The molecule has 12 heavy (non-hydrogen) atoms. The molecule has 0 N–H and O–H groups in total. The van der Waals surface area contributed by atoms with Gasteiger partial charge in [0.15, 0.2) is 5.78 Å². The molecule has 1 heterocycles. The van der Waals surface area contributed by atoms with E-state index in [-0.39, 0.29) is 10.6 Å². The predicted octanol–water partition coefficient (Wildman–Crippen LogP) is 2.23. The molecule has 0 bridgehead atoms. The number of allylic oxidation sites excluding steroid dienone is 2. The summed E-state index contributed by atoms with van der Waals surface area (Å²) >= 11 is 3.28. The minimum Gasteiger partial charge on any atom is -0.293 e. The van der Waals surface area contributed by atoms with Crippen LogP contribution in [0.4, 0.5) is 0 Å². The van der Waals surface area contributed by atoms with Crippen LogP contribution in [0.1, 0.15) is 25.7 Å². The highest BCUT2D eigenvalue weighted by Gasteiger charge is 2.26. The van der Waals surface area contributed by atoms with Crippen LogP contribution in [0, 0.1) is 0 Å². The first-order valence-electron chi connectivity index (χ1n) is 4.23. The predicted molar refractivity (Wildman–Crippen MR) is 51.7 cm³/mol. The van der Waals surface area contributed by atoms with E-state index in [1.807, 2.05) is 0 Å². The number of nitrogens with zero attached hydrogens (tertiary/aromatic N) is 1. The quantitative estimate of drug-likeness (QED) is 0.584. The molecule has 0 aromatic carbocycles. The summed E-state index contributed by atoms with van der Waals surface area (Å²) in [4.78, 5) is 15.7. The van der Waals surface area contributed by atoms with Gasteiger partial charge in [0.1, 0.15) is 4.83 Å². The van der Waals surface area contributed by atoms with Gasteiger partial charge in [-0.3, -0.25) is 9.79 Å². The van der Waals surface area contributed by atoms with Crippen LogP contribution in [0.25, 0.3) is 0 Å². The van der Waals surface area contributed by atoms with Gasteiger partial charge in [0.25, 0.3) is 0 Å². The number of aliphatic imine (C=N–C) groups is 1. The molecule has 2 rings (SSSR count). The second-order valence-corrected chi connectivity index (χ2v) is 4.16. The minimum absolute atomic E-state index is 0.172. The lowest BCUT2D eigenvalue weighted by Gasteiger charge is -2.20. The van der Waals surface area contributed by atoms with Crippen LogP contribution >= 0.6 is 15.9 Å². The number of rotatable bonds is 0. The number of ketones is 1. The van der Waals surface area contributed by atoms with Crippen LogP contribution < -0.4 is 0 Å². The first-order valence-corrected chi connectivity index (χ1v) is 5.15. The first-order chi connectivity index (χ1) is 5.79. The monoisotopic (exact) mass is 227 g/mol. The molecule has 1 atom stereocenters. The fourth-order valence-electron chi connectivity index (χ4n) is 1.69. The molecule has 0 fully saturated rings. The molecular weight excluding hydrogens is 218 g/mol. The summed E-state index contributed by atoms with van der Waals surface area (Å²) in [7, 11) is 0. The van der Waals surface area contributed by atoms with Crippen molar-refractivity contribution in [3.63, 3.8) is 0 Å². The molecule has 64 valence electrons. The SMILES string of the molecule is O=C1C2=C(CCCC2)N=CC1Br. The van der Waals surface area contributed by atoms with Crippen molar-refractivity contribution in [1.82, 2.24) is 0 Å². The zero-order valence-corrected chi connectivity index (χ0v) is 8.30. The van der Waals surface area contributed by atoms with Crippen LogP contribution in [-0.2, 0) is 4.79 Å². The van der Waals surface area contributed by atoms with Crippen LogP contribution in [0.15, 0.2) is 16.3 Å². The van der Waals surface area contributed by atoms with E-state index in [1.54, 1.807) is 6.21 Å². The molecular formula is C9H10BrNO. The zero-order valence-electron chi connectivity index (χ0n) is 6.72. The molecule has 1 aliphatic heterocycles. The van der Waals surface area contributed by atoms with E-state index >= 15 is 0 Å². The van der Waals surface area contributed by atoms with E-state index in [9.17, 15) is 4.79 Å². The fourth-order valence-corrected chi connectivity index (χ4v) is 2.08. The lowest BCUT2D eigenvalue weighted by atomic mass is 9.91. The van der Waals surface area contributed by atoms with Crippen molar-refractivity contribution in [3.05, 3.63) is 11.3 Å². The second-order valence-electron chi connectivity index (χ2n) is 3.18. The second kappa shape index (κ2) is 3.13. The summed E-state index contributed by atoms with van der Waals surface area (Å²) in [6, 6.07) is 0. The number of hydrogen-bond acceptors (Lipinski definition) is 2. The van der Waals surface area contributed by atoms with Crippen LogP contribution in [0.5, 0.6) is 0 Å². The van der Waals surface area contributed by atoms with Crippen molar-refractivity contribution in [3.8, 4) is 0 Å². The van der Waals surface area contributed by atoms with E-state index in [0.29, 0.717) is 0 Å². The average molecular weight is 228 g/mol. The van der Waals surface area contributed by atoms with Crippen molar-refractivity contribution >= 4 is 27.9 Å². The van der Waals surface area contributed by atoms with Crippen LogP contribution in [0.3, 0.4) is 0 Å². The number of halogens is 1. The molecule has 0 aromatic heterocycles. The number of Topliss-reactive ketones (excluding diaryl/α,β-unsaturated/α-hetero) is 1. The Bertz CT molecular complexity index is 280. The number of carbonyl (C=O) groups excluding carboxylic acids is 1. The average Bonchev–Trinajstić information content (AvgIpc) is 2.12. The summed E-state index contributed by atoms with van der Waals surface area (Å²) < 4.78 is 0. The normalized spacial score (nSPS) is 29.1. The van der Waals surface area contributed by atoms with Gasteiger partial charge >= 0.3 is 0 Å². The number of hydrogen-bond donors (Lipinski definition) is 0. The van der Waals surface area contributed by atoms with Crippen molar-refractivity contribution in [2.24, 2.45) is 4.99 Å². The highest BCUT2D eigenvalue weighted by atomic mass is 79.9. The van der Waals surface area contributed by atoms with E-state index in [4.69, 9.17) is 0 Å². The van der Waals surface area contributed by atoms with Gasteiger partial charge in [-0.25, -0.2) is 0 Å². The Labute approximate surface area is 79.9 Å². The fraction of sp³-hybridized carbons (Fsp3) is 0.556. The summed E-state index contributed by atoms with van der Waals surface area (Å²) in [6.45, 7) is 0. The minimum atomic E-state index is -0.172. The smallest absolute Gasteiger partial charge is 0.179 e. The lowest BCUT2D eigenvalue weighted by Crippen LogP contribution is -2.24. The number of carbonyl (C=O) groups is 1. The van der Waals surface area contributed by atoms with Gasteiger partial charge in [0, 0.05) is 17.5 Å². The molecule has 0 radical (unpaired) electrons. The maximum Gasteiger partial charge on any atom is 0.179 e. The van der Waals surface area contributed by atoms with E-state index in [0.717, 1.165) is 30.5 Å². The third-order valence-corrected chi connectivity index (χ3v) is 3.00. The Hall–Kier alpha value is -0.440. The van der Waals surface area contributed by atoms with Gasteiger partial charge in [-0.15, -0.1) is 0 Å². The highest BCUT2D eigenvalue weighted by Crippen LogP contribution is 2.30. The summed E-state index contributed by atoms with van der Waals surface area (Å²) in [6.07, 6.45) is 5.92. The molecule has 1 unspecified atom stereocenters. The first kappa shape index (κ1) is 8.17. The van der Waals surface area contributed by atoms with Gasteiger partial charge in [-0.1, -0.05) is 15.9 Å². The maximum atomic E-state index is 11.6. The summed E-state index contributed by atoms with van der Waals surface area (Å²) in [5.41, 5.74) is 1.99. The van der Waals surface area contributed by atoms with Crippen molar-refractivity contribution in [2.75, 3.05) is 0 Å². The molecule has 0 aromatic rings. The third-order valence-electron chi connectivity index (χ3n) is 2.35. The highest BCUT2D eigenvalue weighted by molar-refractivity contribution is 9.10. The van der Waals surface area contributed by atoms with Gasteiger partial charge in [0.2, 0.25) is 0 Å².